The van der Waals surface area contributed by atoms with E-state index in [0.29, 0.717) is 30.0 Å². The molecule has 7 heteroatoms. The van der Waals surface area contributed by atoms with Crippen molar-refractivity contribution >= 4 is 16.8 Å². The molecule has 7 nitrogen and oxygen atoms in total. The predicted molar refractivity (Wildman–Crippen MR) is 101 cm³/mol. The molecule has 140 valence electrons. The van der Waals surface area contributed by atoms with Crippen LogP contribution >= 0.6 is 0 Å². The van der Waals surface area contributed by atoms with E-state index < -0.39 is 11.2 Å². The molecule has 1 aliphatic heterocycles. The van der Waals surface area contributed by atoms with Crippen LogP contribution in [0.2, 0.25) is 0 Å². The maximum atomic E-state index is 12.7. The van der Waals surface area contributed by atoms with Crippen LogP contribution in [0.3, 0.4) is 0 Å². The quantitative estimate of drug-likeness (QED) is 0.828. The Labute approximate surface area is 152 Å². The minimum absolute atomic E-state index is 0.249. The largest absolute Gasteiger partial charge is 0.353 e. The van der Waals surface area contributed by atoms with Gasteiger partial charge < -0.3 is 5.32 Å². The normalized spacial score (nSPS) is 17.7. The summed E-state index contributed by atoms with van der Waals surface area (Å²) in [5.74, 6) is -0.301. The lowest BCUT2D eigenvalue weighted by Crippen LogP contribution is -2.46. The molecule has 2 aromatic rings. The van der Waals surface area contributed by atoms with Gasteiger partial charge in [-0.05, 0) is 45.0 Å². The molecule has 3 rings (SSSR count). The molecule has 1 amide bonds. The van der Waals surface area contributed by atoms with Crippen molar-refractivity contribution in [2.45, 2.75) is 45.8 Å². The summed E-state index contributed by atoms with van der Waals surface area (Å²) in [6.07, 6.45) is 2.20. The number of hydrogen-bond donors (Lipinski definition) is 1. The number of aryl methyl sites for hydroxylation is 1. The number of rotatable bonds is 6. The molecular weight excluding hydrogens is 332 g/mol. The fourth-order valence-electron chi connectivity index (χ4n) is 3.79. The van der Waals surface area contributed by atoms with Gasteiger partial charge in [-0.15, -0.1) is 0 Å². The summed E-state index contributed by atoms with van der Waals surface area (Å²) in [4.78, 5) is 40.0. The SMILES string of the molecule is CCN1CCCC1CNC(=O)Cn1c(=O)c2ccccc2n(CC)c1=O. The summed E-state index contributed by atoms with van der Waals surface area (Å²) >= 11 is 0. The number of carbonyl (C=O) groups excluding carboxylic acids is 1. The second-order valence-electron chi connectivity index (χ2n) is 6.66. The average molecular weight is 358 g/mol. The van der Waals surface area contributed by atoms with Gasteiger partial charge in [-0.25, -0.2) is 4.79 Å². The molecule has 0 bridgehead atoms. The van der Waals surface area contributed by atoms with E-state index in [0.717, 1.165) is 30.5 Å². The Hall–Kier alpha value is -2.41. The first-order valence-electron chi connectivity index (χ1n) is 9.30. The molecule has 1 fully saturated rings. The molecule has 0 spiro atoms. The predicted octanol–water partition coefficient (Wildman–Crippen LogP) is 0.784. The number of hydrogen-bond acceptors (Lipinski definition) is 4. The average Bonchev–Trinajstić information content (AvgIpc) is 3.11. The molecule has 1 aliphatic rings. The molecule has 26 heavy (non-hydrogen) atoms. The highest BCUT2D eigenvalue weighted by Gasteiger charge is 2.23. The molecule has 2 heterocycles. The Morgan fingerprint density at radius 3 is 2.65 bits per heavy atom. The van der Waals surface area contributed by atoms with Crippen molar-refractivity contribution in [3.05, 3.63) is 45.1 Å². The van der Waals surface area contributed by atoms with Gasteiger partial charge in [-0.3, -0.25) is 23.6 Å². The van der Waals surface area contributed by atoms with Crippen LogP contribution in [0, 0.1) is 0 Å². The fourth-order valence-corrected chi connectivity index (χ4v) is 3.79. The molecule has 1 saturated heterocycles. The van der Waals surface area contributed by atoms with Crippen molar-refractivity contribution in [2.24, 2.45) is 0 Å². The Balaban J connectivity index is 1.81. The Kier molecular flexibility index (Phi) is 5.56. The number of benzene rings is 1. The summed E-state index contributed by atoms with van der Waals surface area (Å²) in [5, 5.41) is 3.34. The summed E-state index contributed by atoms with van der Waals surface area (Å²) in [6.45, 7) is 6.73. The van der Waals surface area contributed by atoms with E-state index in [2.05, 4.69) is 17.1 Å². The van der Waals surface area contributed by atoms with Gasteiger partial charge in [0.2, 0.25) is 5.91 Å². The van der Waals surface area contributed by atoms with E-state index in [9.17, 15) is 14.4 Å². The molecule has 1 N–H and O–H groups in total. The maximum absolute atomic E-state index is 12.7. The zero-order chi connectivity index (χ0) is 18.7. The number of carbonyl (C=O) groups is 1. The lowest BCUT2D eigenvalue weighted by molar-refractivity contribution is -0.122. The number of likely N-dealkylation sites (tertiary alicyclic amines) is 1. The molecule has 1 unspecified atom stereocenters. The molecule has 1 aromatic carbocycles. The fraction of sp³-hybridized carbons (Fsp3) is 0.526. The van der Waals surface area contributed by atoms with E-state index >= 15 is 0 Å². The lowest BCUT2D eigenvalue weighted by atomic mass is 10.2. The lowest BCUT2D eigenvalue weighted by Gasteiger charge is -2.23. The van der Waals surface area contributed by atoms with Crippen molar-refractivity contribution in [2.75, 3.05) is 19.6 Å². The van der Waals surface area contributed by atoms with Crippen molar-refractivity contribution in [1.82, 2.24) is 19.4 Å². The van der Waals surface area contributed by atoms with E-state index in [1.807, 2.05) is 6.92 Å². The van der Waals surface area contributed by atoms with Crippen LogP contribution in [0.15, 0.2) is 33.9 Å². The van der Waals surface area contributed by atoms with Crippen molar-refractivity contribution in [3.8, 4) is 0 Å². The zero-order valence-electron chi connectivity index (χ0n) is 15.4. The van der Waals surface area contributed by atoms with E-state index in [-0.39, 0.29) is 12.5 Å². The first-order chi connectivity index (χ1) is 12.6. The van der Waals surface area contributed by atoms with Crippen molar-refractivity contribution < 1.29 is 4.79 Å². The smallest absolute Gasteiger partial charge is 0.331 e. The van der Waals surface area contributed by atoms with Crippen LogP contribution in [0.1, 0.15) is 26.7 Å². The topological polar surface area (TPSA) is 76.3 Å². The van der Waals surface area contributed by atoms with Gasteiger partial charge in [0.1, 0.15) is 6.54 Å². The Bertz CT molecular complexity index is 915. The van der Waals surface area contributed by atoms with Gasteiger partial charge in [0, 0.05) is 19.1 Å². The first kappa shape index (κ1) is 18.4. The summed E-state index contributed by atoms with van der Waals surface area (Å²) in [6, 6.07) is 7.34. The minimum Gasteiger partial charge on any atom is -0.353 e. The standard InChI is InChI=1S/C19H26N4O3/c1-3-21-11-7-8-14(21)12-20-17(24)13-23-18(25)15-9-5-6-10-16(15)22(4-2)19(23)26/h5-6,9-10,14H,3-4,7-8,11-13H2,1-2H3,(H,20,24). The summed E-state index contributed by atoms with van der Waals surface area (Å²) in [7, 11) is 0. The maximum Gasteiger partial charge on any atom is 0.331 e. The number of nitrogens with one attached hydrogen (secondary N) is 1. The van der Waals surface area contributed by atoms with Gasteiger partial charge in [0.25, 0.3) is 5.56 Å². The highest BCUT2D eigenvalue weighted by atomic mass is 16.2. The highest BCUT2D eigenvalue weighted by molar-refractivity contribution is 5.79. The van der Waals surface area contributed by atoms with Crippen LogP contribution < -0.4 is 16.6 Å². The van der Waals surface area contributed by atoms with Crippen molar-refractivity contribution in [3.63, 3.8) is 0 Å². The highest BCUT2D eigenvalue weighted by Crippen LogP contribution is 2.15. The van der Waals surface area contributed by atoms with Gasteiger partial charge >= 0.3 is 5.69 Å². The van der Waals surface area contributed by atoms with Gasteiger partial charge in [0.15, 0.2) is 0 Å². The van der Waals surface area contributed by atoms with E-state index in [4.69, 9.17) is 0 Å². The number of fused-ring (bicyclic) bond motifs is 1. The zero-order valence-corrected chi connectivity index (χ0v) is 15.4. The number of para-hydroxylation sites is 1. The Morgan fingerprint density at radius 1 is 1.15 bits per heavy atom. The third-order valence-electron chi connectivity index (χ3n) is 5.19. The second kappa shape index (κ2) is 7.86. The van der Waals surface area contributed by atoms with E-state index in [1.165, 1.54) is 4.57 Å². The van der Waals surface area contributed by atoms with Gasteiger partial charge in [0.05, 0.1) is 10.9 Å². The molecular formula is C19H26N4O3. The van der Waals surface area contributed by atoms with E-state index in [1.54, 1.807) is 24.3 Å². The number of aromatic nitrogens is 2. The molecule has 0 radical (unpaired) electrons. The van der Waals surface area contributed by atoms with Crippen LogP contribution in [0.4, 0.5) is 0 Å². The molecule has 1 atom stereocenters. The van der Waals surface area contributed by atoms with Crippen LogP contribution in [-0.2, 0) is 17.9 Å². The molecule has 1 aromatic heterocycles. The molecule has 0 saturated carbocycles. The van der Waals surface area contributed by atoms with Crippen LogP contribution in [-0.4, -0.2) is 45.6 Å². The monoisotopic (exact) mass is 358 g/mol. The third kappa shape index (κ3) is 3.44. The number of nitrogens with zero attached hydrogens (tertiary/aromatic N) is 3. The Morgan fingerprint density at radius 2 is 1.92 bits per heavy atom. The second-order valence-corrected chi connectivity index (χ2v) is 6.66. The van der Waals surface area contributed by atoms with Crippen LogP contribution in [0.25, 0.3) is 10.9 Å². The van der Waals surface area contributed by atoms with Crippen LogP contribution in [0.5, 0.6) is 0 Å². The van der Waals surface area contributed by atoms with Crippen molar-refractivity contribution in [1.29, 1.82) is 0 Å². The van der Waals surface area contributed by atoms with Gasteiger partial charge in [-0.2, -0.15) is 0 Å². The molecule has 0 aliphatic carbocycles. The number of amides is 1. The first-order valence-corrected chi connectivity index (χ1v) is 9.30. The third-order valence-corrected chi connectivity index (χ3v) is 5.19. The van der Waals surface area contributed by atoms with Gasteiger partial charge in [-0.1, -0.05) is 19.1 Å². The minimum atomic E-state index is -0.442. The summed E-state index contributed by atoms with van der Waals surface area (Å²) in [5.41, 5.74) is -0.255. The number of likely N-dealkylation sites (N-methyl/N-ethyl adjacent to an activating group) is 1. The summed E-state index contributed by atoms with van der Waals surface area (Å²) < 4.78 is 2.56.